The smallest absolute Gasteiger partial charge is 0.336 e. The number of pyridine rings is 1. The summed E-state index contributed by atoms with van der Waals surface area (Å²) in [4.78, 5) is 47.4. The number of urea groups is 1. The molecule has 0 radical (unpaired) electrons. The predicted octanol–water partition coefficient (Wildman–Crippen LogP) is 1.82. The van der Waals surface area contributed by atoms with Crippen LogP contribution in [0.25, 0.3) is 16.9 Å². The van der Waals surface area contributed by atoms with Crippen LogP contribution in [-0.2, 0) is 9.53 Å². The SMILES string of the molecule is COCCC1NC(c2ccccc2)=CN(NC(=O)N2CCC(n3c(=O)[nH]c4ncccc43)CC2)C1=O. The number of rotatable bonds is 6. The second-order valence-electron chi connectivity index (χ2n) is 8.90. The molecule has 3 amide bonds. The van der Waals surface area contributed by atoms with Crippen molar-refractivity contribution in [3.05, 3.63) is 70.9 Å². The highest BCUT2D eigenvalue weighted by molar-refractivity contribution is 5.90. The predicted molar refractivity (Wildman–Crippen MR) is 133 cm³/mol. The molecule has 1 fully saturated rings. The van der Waals surface area contributed by atoms with E-state index in [4.69, 9.17) is 4.74 Å². The maximum Gasteiger partial charge on any atom is 0.336 e. The zero-order chi connectivity index (χ0) is 25.1. The van der Waals surface area contributed by atoms with Gasteiger partial charge in [-0.3, -0.25) is 14.3 Å². The van der Waals surface area contributed by atoms with E-state index in [1.54, 1.807) is 35.0 Å². The molecule has 4 heterocycles. The number of ether oxygens (including phenoxy) is 1. The number of H-pyrrole nitrogens is 1. The van der Waals surface area contributed by atoms with Crippen molar-refractivity contribution in [2.45, 2.75) is 31.3 Å². The van der Waals surface area contributed by atoms with Gasteiger partial charge >= 0.3 is 11.7 Å². The van der Waals surface area contributed by atoms with Crippen molar-refractivity contribution in [3.63, 3.8) is 0 Å². The second-order valence-corrected chi connectivity index (χ2v) is 8.90. The first-order valence-corrected chi connectivity index (χ1v) is 12.0. The number of carbonyl (C=O) groups excluding carboxylic acids is 2. The third-order valence-corrected chi connectivity index (χ3v) is 6.64. The minimum absolute atomic E-state index is 0.0386. The Bertz CT molecular complexity index is 1320. The summed E-state index contributed by atoms with van der Waals surface area (Å²) in [7, 11) is 1.59. The highest BCUT2D eigenvalue weighted by atomic mass is 16.5. The molecule has 1 atom stereocenters. The summed E-state index contributed by atoms with van der Waals surface area (Å²) in [6, 6.07) is 12.4. The summed E-state index contributed by atoms with van der Waals surface area (Å²) in [5.74, 6) is -0.257. The van der Waals surface area contributed by atoms with E-state index >= 15 is 0 Å². The fraction of sp³-hybridized carbons (Fsp3) is 0.360. The molecular weight excluding hydrogens is 462 g/mol. The number of likely N-dealkylation sites (tertiary alicyclic amines) is 1. The van der Waals surface area contributed by atoms with E-state index in [9.17, 15) is 14.4 Å². The van der Waals surface area contributed by atoms with Crippen LogP contribution >= 0.6 is 0 Å². The van der Waals surface area contributed by atoms with Crippen LogP contribution in [0.3, 0.4) is 0 Å². The average molecular weight is 492 g/mol. The number of nitrogens with zero attached hydrogens (tertiary/aromatic N) is 4. The molecule has 2 aliphatic heterocycles. The Morgan fingerprint density at radius 2 is 1.92 bits per heavy atom. The van der Waals surface area contributed by atoms with Crippen LogP contribution in [0.2, 0.25) is 0 Å². The average Bonchev–Trinajstić information content (AvgIpc) is 3.25. The van der Waals surface area contributed by atoms with Gasteiger partial charge in [0.05, 0.1) is 17.4 Å². The fourth-order valence-electron chi connectivity index (χ4n) is 4.76. The lowest BCUT2D eigenvalue weighted by Gasteiger charge is -2.36. The molecule has 2 aliphatic rings. The maximum absolute atomic E-state index is 13.1. The van der Waals surface area contributed by atoms with Crippen molar-refractivity contribution in [2.24, 2.45) is 0 Å². The van der Waals surface area contributed by atoms with Crippen molar-refractivity contribution in [1.29, 1.82) is 0 Å². The maximum atomic E-state index is 13.1. The van der Waals surface area contributed by atoms with Gasteiger partial charge in [-0.1, -0.05) is 30.3 Å². The van der Waals surface area contributed by atoms with E-state index in [1.165, 1.54) is 5.01 Å². The standard InChI is InChI=1S/C25H29N7O4/c1-36-15-11-19-23(33)31(16-20(27-19)17-6-3-2-4-7-17)29-25(35)30-13-9-18(10-14-30)32-21-8-5-12-26-22(21)28-24(32)34/h2-8,12,16,18-19,27H,9-11,13-15H2,1H3,(H,29,35)(H,26,28,34). The Kier molecular flexibility index (Phi) is 6.72. The van der Waals surface area contributed by atoms with Gasteiger partial charge in [0.1, 0.15) is 6.04 Å². The third-order valence-electron chi connectivity index (χ3n) is 6.64. The van der Waals surface area contributed by atoms with Gasteiger partial charge in [0.15, 0.2) is 5.65 Å². The number of hydrogen-bond donors (Lipinski definition) is 3. The molecule has 0 spiro atoms. The number of carbonyl (C=O) groups is 2. The van der Waals surface area contributed by atoms with Crippen LogP contribution in [0, 0.1) is 0 Å². The van der Waals surface area contributed by atoms with Gasteiger partial charge in [0, 0.05) is 39.0 Å². The summed E-state index contributed by atoms with van der Waals surface area (Å²) in [5.41, 5.74) is 5.54. The Labute approximate surface area is 207 Å². The first kappa shape index (κ1) is 23.6. The number of nitrogens with one attached hydrogen (secondary N) is 3. The summed E-state index contributed by atoms with van der Waals surface area (Å²) < 4.78 is 6.89. The van der Waals surface area contributed by atoms with Gasteiger partial charge in [-0.05, 0) is 37.0 Å². The quantitative estimate of drug-likeness (QED) is 0.483. The number of benzene rings is 1. The number of hydrogen-bond acceptors (Lipinski definition) is 6. The topological polar surface area (TPSA) is 125 Å². The minimum Gasteiger partial charge on any atom is -0.385 e. The van der Waals surface area contributed by atoms with Gasteiger partial charge in [-0.15, -0.1) is 0 Å². The Morgan fingerprint density at radius 3 is 2.67 bits per heavy atom. The van der Waals surface area contributed by atoms with Crippen LogP contribution in [-0.4, -0.2) is 69.2 Å². The van der Waals surface area contributed by atoms with E-state index in [2.05, 4.69) is 20.7 Å². The highest BCUT2D eigenvalue weighted by Gasteiger charge is 2.32. The molecule has 0 bridgehead atoms. The summed E-state index contributed by atoms with van der Waals surface area (Å²) in [5, 5.41) is 4.53. The van der Waals surface area contributed by atoms with Crippen LogP contribution < -0.4 is 16.4 Å². The van der Waals surface area contributed by atoms with Crippen molar-refractivity contribution >= 4 is 28.8 Å². The lowest BCUT2D eigenvalue weighted by atomic mass is 10.0. The lowest BCUT2D eigenvalue weighted by molar-refractivity contribution is -0.133. The zero-order valence-corrected chi connectivity index (χ0v) is 20.0. The van der Waals surface area contributed by atoms with Crippen molar-refractivity contribution in [3.8, 4) is 0 Å². The minimum atomic E-state index is -0.529. The number of piperidine rings is 1. The summed E-state index contributed by atoms with van der Waals surface area (Å²) in [6.45, 7) is 1.32. The molecule has 11 nitrogen and oxygen atoms in total. The molecule has 0 saturated carbocycles. The molecule has 3 aromatic rings. The number of hydrazine groups is 1. The molecule has 1 unspecified atom stereocenters. The highest BCUT2D eigenvalue weighted by Crippen LogP contribution is 2.25. The Balaban J connectivity index is 1.27. The number of amides is 3. The van der Waals surface area contributed by atoms with Gasteiger partial charge in [0.2, 0.25) is 0 Å². The van der Waals surface area contributed by atoms with Gasteiger partial charge < -0.3 is 15.0 Å². The van der Waals surface area contributed by atoms with Crippen molar-refractivity contribution in [1.82, 2.24) is 35.2 Å². The summed E-state index contributed by atoms with van der Waals surface area (Å²) in [6.07, 6.45) is 4.96. The molecule has 1 saturated heterocycles. The Morgan fingerprint density at radius 1 is 1.14 bits per heavy atom. The number of methoxy groups -OCH3 is 1. The van der Waals surface area contributed by atoms with Gasteiger partial charge in [-0.2, -0.15) is 0 Å². The molecule has 0 aliphatic carbocycles. The van der Waals surface area contributed by atoms with Gasteiger partial charge in [-0.25, -0.2) is 25.0 Å². The van der Waals surface area contributed by atoms with Crippen LogP contribution in [0.4, 0.5) is 4.79 Å². The molecular formula is C25H29N7O4. The fourth-order valence-corrected chi connectivity index (χ4v) is 4.76. The van der Waals surface area contributed by atoms with E-state index in [0.717, 1.165) is 16.8 Å². The van der Waals surface area contributed by atoms with Crippen LogP contribution in [0.15, 0.2) is 59.7 Å². The molecule has 1 aromatic carbocycles. The van der Waals surface area contributed by atoms with Crippen molar-refractivity contribution in [2.75, 3.05) is 26.8 Å². The van der Waals surface area contributed by atoms with Crippen molar-refractivity contribution < 1.29 is 14.3 Å². The van der Waals surface area contributed by atoms with E-state index in [-0.39, 0.29) is 23.7 Å². The largest absolute Gasteiger partial charge is 0.385 e. The molecule has 11 heteroatoms. The van der Waals surface area contributed by atoms with Crippen LogP contribution in [0.5, 0.6) is 0 Å². The first-order valence-electron chi connectivity index (χ1n) is 12.0. The number of imidazole rings is 1. The normalized spacial score (nSPS) is 18.8. The summed E-state index contributed by atoms with van der Waals surface area (Å²) >= 11 is 0. The molecule has 2 aromatic heterocycles. The number of aromatic amines is 1. The molecule has 5 rings (SSSR count). The lowest BCUT2D eigenvalue weighted by Crippen LogP contribution is -2.57. The van der Waals surface area contributed by atoms with Crippen LogP contribution in [0.1, 0.15) is 30.9 Å². The zero-order valence-electron chi connectivity index (χ0n) is 20.0. The van der Waals surface area contributed by atoms with Gasteiger partial charge in [0.25, 0.3) is 5.91 Å². The molecule has 188 valence electrons. The number of aromatic nitrogens is 3. The number of fused-ring (bicyclic) bond motifs is 1. The van der Waals surface area contributed by atoms with E-state index in [0.29, 0.717) is 44.6 Å². The third kappa shape index (κ3) is 4.69. The monoisotopic (exact) mass is 491 g/mol. The molecule has 3 N–H and O–H groups in total. The van der Waals surface area contributed by atoms with E-state index in [1.807, 2.05) is 36.4 Å². The Hall–Kier alpha value is -4.12. The first-order chi connectivity index (χ1) is 17.5. The second kappa shape index (κ2) is 10.2. The molecule has 36 heavy (non-hydrogen) atoms. The van der Waals surface area contributed by atoms with E-state index < -0.39 is 6.04 Å².